The number of carbonyl (C=O) groups is 3. The molecule has 0 aliphatic rings. The molecule has 30 heavy (non-hydrogen) atoms. The number of nitrogens with one attached hydrogen (secondary N) is 2. The third-order valence-corrected chi connectivity index (χ3v) is 4.02. The Kier molecular flexibility index (Phi) is 8.04. The first-order chi connectivity index (χ1) is 14.4. The Morgan fingerprint density at radius 3 is 2.03 bits per heavy atom. The van der Waals surface area contributed by atoms with Crippen molar-refractivity contribution in [3.8, 4) is 17.2 Å². The first kappa shape index (κ1) is 22.5. The topological polar surface area (TPSA) is 112 Å². The molecule has 2 aromatic carbocycles. The van der Waals surface area contributed by atoms with E-state index in [9.17, 15) is 14.4 Å². The van der Waals surface area contributed by atoms with E-state index in [1.165, 1.54) is 33.5 Å². The van der Waals surface area contributed by atoms with Gasteiger partial charge in [0.25, 0.3) is 11.8 Å². The van der Waals surface area contributed by atoms with Crippen molar-refractivity contribution in [2.45, 2.75) is 6.92 Å². The smallest absolute Gasteiger partial charge is 0.325 e. The van der Waals surface area contributed by atoms with Gasteiger partial charge in [-0.25, -0.2) is 0 Å². The fraction of sp³-hybridized carbons (Fsp3) is 0.286. The zero-order valence-corrected chi connectivity index (χ0v) is 17.2. The molecule has 0 heterocycles. The van der Waals surface area contributed by atoms with E-state index in [1.54, 1.807) is 12.1 Å². The third kappa shape index (κ3) is 6.13. The second kappa shape index (κ2) is 10.7. The van der Waals surface area contributed by atoms with Crippen molar-refractivity contribution in [1.29, 1.82) is 0 Å². The summed E-state index contributed by atoms with van der Waals surface area (Å²) in [6, 6.07) is 10.1. The summed E-state index contributed by atoms with van der Waals surface area (Å²) >= 11 is 0. The summed E-state index contributed by atoms with van der Waals surface area (Å²) in [5.41, 5.74) is 1.86. The predicted octanol–water partition coefficient (Wildman–Crippen LogP) is 1.93. The third-order valence-electron chi connectivity index (χ3n) is 4.02. The molecule has 0 saturated carbocycles. The Hall–Kier alpha value is -3.75. The number of hydrogen-bond acceptors (Lipinski definition) is 7. The zero-order chi connectivity index (χ0) is 22.1. The fourth-order valence-corrected chi connectivity index (χ4v) is 2.50. The monoisotopic (exact) mass is 416 g/mol. The number of hydrogen-bond donors (Lipinski definition) is 2. The van der Waals surface area contributed by atoms with Gasteiger partial charge in [-0.3, -0.25) is 14.4 Å². The molecule has 9 heteroatoms. The van der Waals surface area contributed by atoms with Crippen LogP contribution in [0.5, 0.6) is 17.2 Å². The van der Waals surface area contributed by atoms with Gasteiger partial charge in [-0.05, 0) is 31.2 Å². The number of benzene rings is 2. The molecule has 160 valence electrons. The van der Waals surface area contributed by atoms with E-state index < -0.39 is 30.9 Å². The molecule has 0 saturated heterocycles. The van der Waals surface area contributed by atoms with E-state index in [0.717, 1.165) is 5.56 Å². The summed E-state index contributed by atoms with van der Waals surface area (Å²) < 4.78 is 20.5. The van der Waals surface area contributed by atoms with E-state index >= 15 is 0 Å². The minimum absolute atomic E-state index is 0.203. The van der Waals surface area contributed by atoms with Gasteiger partial charge in [0.05, 0.1) is 21.3 Å². The molecule has 0 spiro atoms. The summed E-state index contributed by atoms with van der Waals surface area (Å²) in [4.78, 5) is 36.0. The largest absolute Gasteiger partial charge is 0.493 e. The van der Waals surface area contributed by atoms with Crippen LogP contribution < -0.4 is 24.8 Å². The Morgan fingerprint density at radius 1 is 0.900 bits per heavy atom. The number of anilines is 1. The van der Waals surface area contributed by atoms with Crippen LogP contribution in [0.3, 0.4) is 0 Å². The molecule has 0 aliphatic heterocycles. The quantitative estimate of drug-likeness (QED) is 0.601. The summed E-state index contributed by atoms with van der Waals surface area (Å²) in [5.74, 6) is -0.835. The van der Waals surface area contributed by atoms with Gasteiger partial charge >= 0.3 is 5.97 Å². The molecule has 2 aromatic rings. The predicted molar refractivity (Wildman–Crippen MR) is 109 cm³/mol. The minimum Gasteiger partial charge on any atom is -0.493 e. The number of aryl methyl sites for hydroxylation is 1. The molecule has 2 amide bonds. The number of methoxy groups -OCH3 is 3. The first-order valence-corrected chi connectivity index (χ1v) is 8.98. The molecular weight excluding hydrogens is 392 g/mol. The van der Waals surface area contributed by atoms with Gasteiger partial charge in [0.1, 0.15) is 6.54 Å². The Morgan fingerprint density at radius 2 is 1.50 bits per heavy atom. The lowest BCUT2D eigenvalue weighted by Crippen LogP contribution is -2.32. The van der Waals surface area contributed by atoms with Crippen LogP contribution in [0.15, 0.2) is 36.4 Å². The highest BCUT2D eigenvalue weighted by Gasteiger charge is 2.18. The molecule has 0 aliphatic carbocycles. The lowest BCUT2D eigenvalue weighted by atomic mass is 10.1. The Bertz CT molecular complexity index is 885. The van der Waals surface area contributed by atoms with Crippen LogP contribution >= 0.6 is 0 Å². The van der Waals surface area contributed by atoms with Gasteiger partial charge in [-0.15, -0.1) is 0 Å². The van der Waals surface area contributed by atoms with Crippen LogP contribution in [-0.2, 0) is 14.3 Å². The Balaban J connectivity index is 1.86. The minimum atomic E-state index is -0.755. The van der Waals surface area contributed by atoms with E-state index in [-0.39, 0.29) is 5.56 Å². The van der Waals surface area contributed by atoms with E-state index in [4.69, 9.17) is 18.9 Å². The van der Waals surface area contributed by atoms with Crippen molar-refractivity contribution < 1.29 is 33.3 Å². The van der Waals surface area contributed by atoms with Crippen LogP contribution in [0.1, 0.15) is 15.9 Å². The average molecular weight is 416 g/mol. The lowest BCUT2D eigenvalue weighted by molar-refractivity contribution is -0.146. The van der Waals surface area contributed by atoms with Crippen molar-refractivity contribution in [2.75, 3.05) is 39.8 Å². The zero-order valence-electron chi connectivity index (χ0n) is 17.2. The molecule has 9 nitrogen and oxygen atoms in total. The maximum atomic E-state index is 12.3. The number of carbonyl (C=O) groups excluding carboxylic acids is 3. The molecule has 0 unspecified atom stereocenters. The highest BCUT2D eigenvalue weighted by atomic mass is 16.5. The number of amides is 2. The van der Waals surface area contributed by atoms with Crippen LogP contribution in [0, 0.1) is 6.92 Å². The highest BCUT2D eigenvalue weighted by molar-refractivity contribution is 5.97. The maximum Gasteiger partial charge on any atom is 0.325 e. The Labute approximate surface area is 174 Å². The fourth-order valence-electron chi connectivity index (χ4n) is 2.50. The molecule has 0 atom stereocenters. The first-order valence-electron chi connectivity index (χ1n) is 8.98. The van der Waals surface area contributed by atoms with Crippen molar-refractivity contribution >= 4 is 23.5 Å². The molecule has 0 radical (unpaired) electrons. The van der Waals surface area contributed by atoms with Gasteiger partial charge in [0, 0.05) is 11.3 Å². The summed E-state index contributed by atoms with van der Waals surface area (Å²) in [7, 11) is 4.31. The molecular formula is C21H24N2O7. The van der Waals surface area contributed by atoms with Crippen molar-refractivity contribution in [1.82, 2.24) is 5.32 Å². The molecule has 2 N–H and O–H groups in total. The second-order valence-electron chi connectivity index (χ2n) is 6.17. The molecule has 0 fully saturated rings. The SMILES string of the molecule is COc1cc(C(=O)NCC(=O)OCC(=O)Nc2ccc(C)cc2)cc(OC)c1OC. The van der Waals surface area contributed by atoms with Gasteiger partial charge < -0.3 is 29.6 Å². The van der Waals surface area contributed by atoms with E-state index in [0.29, 0.717) is 22.9 Å². The second-order valence-corrected chi connectivity index (χ2v) is 6.17. The maximum absolute atomic E-state index is 12.3. The van der Waals surface area contributed by atoms with Gasteiger partial charge in [-0.1, -0.05) is 17.7 Å². The summed E-state index contributed by atoms with van der Waals surface area (Å²) in [5, 5.41) is 5.03. The lowest BCUT2D eigenvalue weighted by Gasteiger charge is -2.14. The van der Waals surface area contributed by atoms with E-state index in [1.807, 2.05) is 19.1 Å². The van der Waals surface area contributed by atoms with Crippen LogP contribution in [0.4, 0.5) is 5.69 Å². The van der Waals surface area contributed by atoms with Crippen LogP contribution in [0.25, 0.3) is 0 Å². The average Bonchev–Trinajstić information content (AvgIpc) is 2.76. The van der Waals surface area contributed by atoms with Crippen molar-refractivity contribution in [2.24, 2.45) is 0 Å². The summed E-state index contributed by atoms with van der Waals surface area (Å²) in [6.45, 7) is 1.06. The molecule has 0 bridgehead atoms. The number of ether oxygens (including phenoxy) is 4. The normalized spacial score (nSPS) is 10.0. The molecule has 2 rings (SSSR count). The van der Waals surface area contributed by atoms with Gasteiger partial charge in [0.15, 0.2) is 18.1 Å². The number of rotatable bonds is 9. The van der Waals surface area contributed by atoms with Gasteiger partial charge in [0.2, 0.25) is 5.75 Å². The van der Waals surface area contributed by atoms with Crippen molar-refractivity contribution in [3.63, 3.8) is 0 Å². The highest BCUT2D eigenvalue weighted by Crippen LogP contribution is 2.38. The summed E-state index contributed by atoms with van der Waals surface area (Å²) in [6.07, 6.45) is 0. The van der Waals surface area contributed by atoms with Gasteiger partial charge in [-0.2, -0.15) is 0 Å². The standard InChI is InChI=1S/C21H24N2O7/c1-13-5-7-15(8-6-13)23-18(24)12-30-19(25)11-22-21(26)14-9-16(27-2)20(29-4)17(10-14)28-3/h5-10H,11-12H2,1-4H3,(H,22,26)(H,23,24). The van der Waals surface area contributed by atoms with Crippen LogP contribution in [-0.4, -0.2) is 52.3 Å². The number of esters is 1. The molecule has 0 aromatic heterocycles. The van der Waals surface area contributed by atoms with E-state index in [2.05, 4.69) is 10.6 Å². The van der Waals surface area contributed by atoms with Crippen LogP contribution in [0.2, 0.25) is 0 Å². The van der Waals surface area contributed by atoms with Crippen molar-refractivity contribution in [3.05, 3.63) is 47.5 Å².